The second-order valence-corrected chi connectivity index (χ2v) is 5.69. The van der Waals surface area contributed by atoms with Crippen LogP contribution in [-0.4, -0.2) is 41.6 Å². The molecule has 0 spiro atoms. The average molecular weight is 290 g/mol. The van der Waals surface area contributed by atoms with Gasteiger partial charge in [0.2, 0.25) is 0 Å². The summed E-state index contributed by atoms with van der Waals surface area (Å²) in [7, 11) is 1.71. The number of carboxylic acids is 1. The van der Waals surface area contributed by atoms with Gasteiger partial charge >= 0.3 is 12.0 Å². The van der Waals surface area contributed by atoms with E-state index >= 15 is 0 Å². The van der Waals surface area contributed by atoms with E-state index in [1.54, 1.807) is 11.9 Å². The van der Waals surface area contributed by atoms with Crippen LogP contribution in [0.1, 0.15) is 24.8 Å². The molecule has 5 nitrogen and oxygen atoms in total. The van der Waals surface area contributed by atoms with Gasteiger partial charge in [-0.25, -0.2) is 9.59 Å². The molecule has 1 aliphatic carbocycles. The topological polar surface area (TPSA) is 69.6 Å². The van der Waals surface area contributed by atoms with Crippen LogP contribution in [0.25, 0.3) is 0 Å². The number of hydrogen-bond donors (Lipinski definition) is 2. The molecule has 0 aromatic heterocycles. The molecule has 1 aromatic rings. The van der Waals surface area contributed by atoms with Gasteiger partial charge < -0.3 is 15.3 Å². The summed E-state index contributed by atoms with van der Waals surface area (Å²) >= 11 is 0. The zero-order valence-corrected chi connectivity index (χ0v) is 12.3. The number of carboxylic acid groups (broad SMARTS) is 1. The number of hydrogen-bond acceptors (Lipinski definition) is 2. The molecule has 1 atom stereocenters. The van der Waals surface area contributed by atoms with Crippen molar-refractivity contribution in [3.63, 3.8) is 0 Å². The van der Waals surface area contributed by atoms with E-state index in [1.807, 2.05) is 30.3 Å². The van der Waals surface area contributed by atoms with Gasteiger partial charge in [0, 0.05) is 13.6 Å². The fourth-order valence-electron chi connectivity index (χ4n) is 2.24. The van der Waals surface area contributed by atoms with Gasteiger partial charge in [-0.05, 0) is 37.2 Å². The SMILES string of the molecule is CN(CC1CC1)C(=O)NC(CCc1ccccc1)C(=O)O. The summed E-state index contributed by atoms with van der Waals surface area (Å²) < 4.78 is 0. The highest BCUT2D eigenvalue weighted by Gasteiger charge is 2.27. The summed E-state index contributed by atoms with van der Waals surface area (Å²) in [5.74, 6) is -0.396. The maximum atomic E-state index is 12.0. The van der Waals surface area contributed by atoms with Crippen LogP contribution in [0.2, 0.25) is 0 Å². The summed E-state index contributed by atoms with van der Waals surface area (Å²) in [4.78, 5) is 24.8. The molecule has 0 heterocycles. The normalized spacial score (nSPS) is 15.3. The monoisotopic (exact) mass is 290 g/mol. The Morgan fingerprint density at radius 2 is 2.00 bits per heavy atom. The van der Waals surface area contributed by atoms with E-state index in [2.05, 4.69) is 5.32 Å². The van der Waals surface area contributed by atoms with Gasteiger partial charge in [-0.1, -0.05) is 30.3 Å². The van der Waals surface area contributed by atoms with Crippen LogP contribution >= 0.6 is 0 Å². The van der Waals surface area contributed by atoms with Crippen LogP contribution in [0.3, 0.4) is 0 Å². The minimum Gasteiger partial charge on any atom is -0.480 e. The van der Waals surface area contributed by atoms with E-state index in [-0.39, 0.29) is 6.03 Å². The lowest BCUT2D eigenvalue weighted by molar-refractivity contribution is -0.139. The molecule has 5 heteroatoms. The maximum absolute atomic E-state index is 12.0. The van der Waals surface area contributed by atoms with Crippen LogP contribution < -0.4 is 5.32 Å². The van der Waals surface area contributed by atoms with Gasteiger partial charge in [0.1, 0.15) is 6.04 Å². The van der Waals surface area contributed by atoms with Gasteiger partial charge in [-0.2, -0.15) is 0 Å². The average Bonchev–Trinajstić information content (AvgIpc) is 3.27. The maximum Gasteiger partial charge on any atom is 0.326 e. The molecule has 1 saturated carbocycles. The zero-order valence-electron chi connectivity index (χ0n) is 12.3. The number of rotatable bonds is 7. The van der Waals surface area contributed by atoms with E-state index in [0.29, 0.717) is 25.3 Å². The van der Waals surface area contributed by atoms with E-state index in [4.69, 9.17) is 0 Å². The first-order valence-electron chi connectivity index (χ1n) is 7.34. The van der Waals surface area contributed by atoms with Crippen molar-refractivity contribution in [3.05, 3.63) is 35.9 Å². The first-order chi connectivity index (χ1) is 10.1. The van der Waals surface area contributed by atoms with Crippen molar-refractivity contribution in [1.29, 1.82) is 0 Å². The van der Waals surface area contributed by atoms with Crippen LogP contribution in [-0.2, 0) is 11.2 Å². The van der Waals surface area contributed by atoms with Crippen LogP contribution in [0, 0.1) is 5.92 Å². The Hall–Kier alpha value is -2.04. The second-order valence-electron chi connectivity index (χ2n) is 5.69. The predicted molar refractivity (Wildman–Crippen MR) is 80.1 cm³/mol. The molecule has 2 rings (SSSR count). The van der Waals surface area contributed by atoms with Crippen LogP contribution in [0.4, 0.5) is 4.79 Å². The number of urea groups is 1. The Morgan fingerprint density at radius 3 is 2.57 bits per heavy atom. The van der Waals surface area contributed by atoms with Gasteiger partial charge in [0.15, 0.2) is 0 Å². The number of benzene rings is 1. The summed E-state index contributed by atoms with van der Waals surface area (Å²) in [6.07, 6.45) is 3.34. The first-order valence-corrected chi connectivity index (χ1v) is 7.34. The molecule has 0 aliphatic heterocycles. The predicted octanol–water partition coefficient (Wildman–Crippen LogP) is 2.12. The number of aliphatic carboxylic acids is 1. The standard InChI is InChI=1S/C16H22N2O3/c1-18(11-13-7-8-13)16(21)17-14(15(19)20)10-9-12-5-3-2-4-6-12/h2-6,13-14H,7-11H2,1H3,(H,17,21)(H,19,20). The molecule has 2 amide bonds. The third kappa shape index (κ3) is 5.10. The Balaban J connectivity index is 1.83. The summed E-state index contributed by atoms with van der Waals surface area (Å²) in [6.45, 7) is 0.705. The quantitative estimate of drug-likeness (QED) is 0.808. The molecule has 0 radical (unpaired) electrons. The number of amides is 2. The van der Waals surface area contributed by atoms with Gasteiger partial charge in [0.05, 0.1) is 0 Å². The van der Waals surface area contributed by atoms with Crippen molar-refractivity contribution < 1.29 is 14.7 Å². The molecule has 1 aliphatic rings. The van der Waals surface area contributed by atoms with E-state index in [9.17, 15) is 14.7 Å². The first kappa shape index (κ1) is 15.4. The highest BCUT2D eigenvalue weighted by atomic mass is 16.4. The molecule has 1 aromatic carbocycles. The number of nitrogens with zero attached hydrogens (tertiary/aromatic N) is 1. The number of carbonyl (C=O) groups is 2. The Bertz CT molecular complexity index is 486. The van der Waals surface area contributed by atoms with Crippen molar-refractivity contribution in [2.75, 3.05) is 13.6 Å². The lowest BCUT2D eigenvalue weighted by Gasteiger charge is -2.21. The Labute approximate surface area is 125 Å². The summed E-state index contributed by atoms with van der Waals surface area (Å²) in [5.41, 5.74) is 1.07. The number of nitrogens with one attached hydrogen (secondary N) is 1. The summed E-state index contributed by atoms with van der Waals surface area (Å²) in [6, 6.07) is 8.54. The Kier molecular flexibility index (Phi) is 5.20. The van der Waals surface area contributed by atoms with Crippen molar-refractivity contribution in [2.45, 2.75) is 31.7 Å². The fourth-order valence-corrected chi connectivity index (χ4v) is 2.24. The van der Waals surface area contributed by atoms with Crippen molar-refractivity contribution in [3.8, 4) is 0 Å². The van der Waals surface area contributed by atoms with Crippen LogP contribution in [0.15, 0.2) is 30.3 Å². The smallest absolute Gasteiger partial charge is 0.326 e. The minimum absolute atomic E-state index is 0.303. The third-order valence-electron chi connectivity index (χ3n) is 3.74. The number of carbonyl (C=O) groups excluding carboxylic acids is 1. The van der Waals surface area contributed by atoms with Gasteiger partial charge in [0.25, 0.3) is 0 Å². The summed E-state index contributed by atoms with van der Waals surface area (Å²) in [5, 5.41) is 11.8. The fraction of sp³-hybridized carbons (Fsp3) is 0.500. The third-order valence-corrected chi connectivity index (χ3v) is 3.74. The van der Waals surface area contributed by atoms with Crippen molar-refractivity contribution in [1.82, 2.24) is 10.2 Å². The highest BCUT2D eigenvalue weighted by molar-refractivity contribution is 5.82. The molecule has 1 unspecified atom stereocenters. The largest absolute Gasteiger partial charge is 0.480 e. The molecule has 1 fully saturated rings. The molecule has 21 heavy (non-hydrogen) atoms. The molecule has 2 N–H and O–H groups in total. The molecule has 114 valence electrons. The number of aryl methyl sites for hydroxylation is 1. The minimum atomic E-state index is -0.987. The molecular formula is C16H22N2O3. The molecular weight excluding hydrogens is 268 g/mol. The van der Waals surface area contributed by atoms with E-state index in [1.165, 1.54) is 0 Å². The zero-order chi connectivity index (χ0) is 15.2. The van der Waals surface area contributed by atoms with E-state index < -0.39 is 12.0 Å². The van der Waals surface area contributed by atoms with E-state index in [0.717, 1.165) is 18.4 Å². The highest BCUT2D eigenvalue weighted by Crippen LogP contribution is 2.29. The molecule has 0 bridgehead atoms. The second kappa shape index (κ2) is 7.11. The van der Waals surface area contributed by atoms with Gasteiger partial charge in [-0.3, -0.25) is 0 Å². The van der Waals surface area contributed by atoms with Crippen LogP contribution in [0.5, 0.6) is 0 Å². The Morgan fingerprint density at radius 1 is 1.33 bits per heavy atom. The lowest BCUT2D eigenvalue weighted by atomic mass is 10.1. The van der Waals surface area contributed by atoms with Gasteiger partial charge in [-0.15, -0.1) is 0 Å². The lowest BCUT2D eigenvalue weighted by Crippen LogP contribution is -2.47. The van der Waals surface area contributed by atoms with Crippen molar-refractivity contribution in [2.24, 2.45) is 5.92 Å². The van der Waals surface area contributed by atoms with Crippen molar-refractivity contribution >= 4 is 12.0 Å². The molecule has 0 saturated heterocycles.